The second kappa shape index (κ2) is 5.62. The van der Waals surface area contributed by atoms with Crippen molar-refractivity contribution in [3.8, 4) is 11.5 Å². The third kappa shape index (κ3) is 2.79. The average Bonchev–Trinajstić information content (AvgIpc) is 2.90. The van der Waals surface area contributed by atoms with Gasteiger partial charge >= 0.3 is 0 Å². The van der Waals surface area contributed by atoms with Crippen molar-refractivity contribution in [1.82, 2.24) is 0 Å². The number of hydrogen-bond acceptors (Lipinski definition) is 5. The van der Waals surface area contributed by atoms with Gasteiger partial charge in [-0.1, -0.05) is 0 Å². The molecule has 1 aromatic heterocycles. The first-order valence-electron chi connectivity index (χ1n) is 5.50. The number of thiophene rings is 1. The van der Waals surface area contributed by atoms with Crippen molar-refractivity contribution in [2.75, 3.05) is 25.3 Å². The van der Waals surface area contributed by atoms with Crippen molar-refractivity contribution in [2.45, 2.75) is 0 Å². The number of nitrogens with two attached hydrogens (primary N) is 1. The Bertz CT molecular complexity index is 582. The second-order valence-electron chi connectivity index (χ2n) is 3.76. The van der Waals surface area contributed by atoms with Gasteiger partial charge in [0, 0.05) is 17.1 Å². The first-order chi connectivity index (χ1) is 9.15. The van der Waals surface area contributed by atoms with Gasteiger partial charge in [0.1, 0.15) is 0 Å². The van der Waals surface area contributed by atoms with Crippen LogP contribution in [-0.4, -0.2) is 20.1 Å². The number of nitrogen functional groups attached to an aromatic ring is 1. The van der Waals surface area contributed by atoms with Crippen LogP contribution in [-0.2, 0) is 0 Å². The number of nitrogens with one attached hydrogen (secondary N) is 1. The Morgan fingerprint density at radius 3 is 2.53 bits per heavy atom. The summed E-state index contributed by atoms with van der Waals surface area (Å²) < 4.78 is 10.3. The summed E-state index contributed by atoms with van der Waals surface area (Å²) in [5.74, 6) is 0.677. The van der Waals surface area contributed by atoms with E-state index in [1.54, 1.807) is 12.1 Å². The highest BCUT2D eigenvalue weighted by Gasteiger charge is 2.15. The molecular weight excluding hydrogens is 264 g/mol. The fourth-order valence-electron chi connectivity index (χ4n) is 1.63. The normalized spacial score (nSPS) is 10.0. The lowest BCUT2D eigenvalue weighted by Crippen LogP contribution is -2.14. The van der Waals surface area contributed by atoms with Crippen LogP contribution in [0.3, 0.4) is 0 Å². The van der Waals surface area contributed by atoms with Crippen molar-refractivity contribution >= 4 is 28.6 Å². The molecule has 1 aromatic carbocycles. The molecule has 0 bridgehead atoms. The molecule has 100 valence electrons. The van der Waals surface area contributed by atoms with Crippen LogP contribution in [0.4, 0.5) is 11.4 Å². The van der Waals surface area contributed by atoms with E-state index < -0.39 is 0 Å². The van der Waals surface area contributed by atoms with Gasteiger partial charge in [0.25, 0.3) is 5.91 Å². The lowest BCUT2D eigenvalue weighted by atomic mass is 10.1. The van der Waals surface area contributed by atoms with E-state index in [1.807, 2.05) is 16.8 Å². The molecule has 1 heterocycles. The molecule has 0 saturated carbocycles. The lowest BCUT2D eigenvalue weighted by Gasteiger charge is -2.12. The summed E-state index contributed by atoms with van der Waals surface area (Å²) >= 11 is 1.50. The summed E-state index contributed by atoms with van der Waals surface area (Å²) in [7, 11) is 3.02. The van der Waals surface area contributed by atoms with E-state index in [4.69, 9.17) is 15.2 Å². The molecule has 0 aliphatic heterocycles. The van der Waals surface area contributed by atoms with Crippen molar-refractivity contribution in [2.24, 2.45) is 0 Å². The van der Waals surface area contributed by atoms with Gasteiger partial charge in [-0.05, 0) is 17.5 Å². The number of benzene rings is 1. The predicted molar refractivity (Wildman–Crippen MR) is 76.2 cm³/mol. The number of ether oxygens (including phenoxy) is 2. The van der Waals surface area contributed by atoms with Crippen LogP contribution >= 0.6 is 11.3 Å². The number of anilines is 2. The highest BCUT2D eigenvalue weighted by molar-refractivity contribution is 7.08. The largest absolute Gasteiger partial charge is 0.493 e. The molecule has 0 spiro atoms. The van der Waals surface area contributed by atoms with Gasteiger partial charge in [-0.2, -0.15) is 11.3 Å². The Hall–Kier alpha value is -2.21. The molecule has 0 aliphatic rings. The molecular formula is C13H14N2O3S. The Kier molecular flexibility index (Phi) is 3.91. The Morgan fingerprint density at radius 2 is 1.95 bits per heavy atom. The van der Waals surface area contributed by atoms with Gasteiger partial charge in [0.05, 0.1) is 25.5 Å². The number of carbonyl (C=O) groups is 1. The summed E-state index contributed by atoms with van der Waals surface area (Å²) in [6.07, 6.45) is 0. The highest BCUT2D eigenvalue weighted by Crippen LogP contribution is 2.32. The molecule has 3 N–H and O–H groups in total. The molecule has 0 radical (unpaired) electrons. The van der Waals surface area contributed by atoms with Crippen molar-refractivity contribution in [1.29, 1.82) is 0 Å². The van der Waals surface area contributed by atoms with Gasteiger partial charge in [-0.25, -0.2) is 0 Å². The van der Waals surface area contributed by atoms with E-state index in [9.17, 15) is 4.79 Å². The molecule has 0 fully saturated rings. The minimum Gasteiger partial charge on any atom is -0.493 e. The number of hydrogen-bond donors (Lipinski definition) is 2. The summed E-state index contributed by atoms with van der Waals surface area (Å²) in [5, 5.41) is 6.49. The summed E-state index contributed by atoms with van der Waals surface area (Å²) in [6.45, 7) is 0. The molecule has 0 saturated heterocycles. The second-order valence-corrected chi connectivity index (χ2v) is 4.54. The zero-order chi connectivity index (χ0) is 13.8. The van der Waals surface area contributed by atoms with E-state index >= 15 is 0 Å². The van der Waals surface area contributed by atoms with E-state index in [2.05, 4.69) is 5.32 Å². The standard InChI is InChI=1S/C13H14N2O3S/c1-17-11-5-9(10(14)6-12(11)18-2)13(16)15-8-3-4-19-7-8/h3-7H,14H2,1-2H3,(H,15,16). The molecule has 19 heavy (non-hydrogen) atoms. The smallest absolute Gasteiger partial charge is 0.257 e. The first-order valence-corrected chi connectivity index (χ1v) is 6.45. The Labute approximate surface area is 115 Å². The SMILES string of the molecule is COc1cc(N)c(C(=O)Nc2ccsc2)cc1OC. The zero-order valence-corrected chi connectivity index (χ0v) is 11.4. The van der Waals surface area contributed by atoms with Crippen LogP contribution in [0.2, 0.25) is 0 Å². The van der Waals surface area contributed by atoms with Gasteiger partial charge in [0.2, 0.25) is 0 Å². The predicted octanol–water partition coefficient (Wildman–Crippen LogP) is 2.60. The van der Waals surface area contributed by atoms with Crippen LogP contribution in [0.15, 0.2) is 29.0 Å². The summed E-state index contributed by atoms with van der Waals surface area (Å²) in [4.78, 5) is 12.1. The maximum absolute atomic E-state index is 12.1. The van der Waals surface area contributed by atoms with Crippen LogP contribution in [0.5, 0.6) is 11.5 Å². The minimum absolute atomic E-state index is 0.281. The van der Waals surface area contributed by atoms with E-state index in [1.165, 1.54) is 25.6 Å². The quantitative estimate of drug-likeness (QED) is 0.843. The monoisotopic (exact) mass is 278 g/mol. The number of carbonyl (C=O) groups excluding carboxylic acids is 1. The molecule has 2 aromatic rings. The van der Waals surface area contributed by atoms with Gasteiger partial charge in [0.15, 0.2) is 11.5 Å². The maximum atomic E-state index is 12.1. The molecule has 0 aliphatic carbocycles. The Morgan fingerprint density at radius 1 is 1.26 bits per heavy atom. The van der Waals surface area contributed by atoms with Gasteiger partial charge < -0.3 is 20.5 Å². The lowest BCUT2D eigenvalue weighted by molar-refractivity contribution is 0.102. The van der Waals surface area contributed by atoms with Gasteiger partial charge in [-0.3, -0.25) is 4.79 Å². The number of rotatable bonds is 4. The van der Waals surface area contributed by atoms with Crippen molar-refractivity contribution in [3.05, 3.63) is 34.5 Å². The molecule has 5 nitrogen and oxygen atoms in total. The highest BCUT2D eigenvalue weighted by atomic mass is 32.1. The van der Waals surface area contributed by atoms with Crippen molar-refractivity contribution < 1.29 is 14.3 Å². The fraction of sp³-hybridized carbons (Fsp3) is 0.154. The summed E-state index contributed by atoms with van der Waals surface area (Å²) in [6, 6.07) is 4.96. The van der Waals surface area contributed by atoms with Crippen LogP contribution in [0.25, 0.3) is 0 Å². The zero-order valence-electron chi connectivity index (χ0n) is 10.6. The minimum atomic E-state index is -0.281. The number of methoxy groups -OCH3 is 2. The topological polar surface area (TPSA) is 73.6 Å². The molecule has 6 heteroatoms. The molecule has 0 unspecified atom stereocenters. The fourth-order valence-corrected chi connectivity index (χ4v) is 2.21. The van der Waals surface area contributed by atoms with Crippen LogP contribution < -0.4 is 20.5 Å². The average molecular weight is 278 g/mol. The molecule has 0 atom stereocenters. The first kappa shape index (κ1) is 13.2. The van der Waals surface area contributed by atoms with Crippen molar-refractivity contribution in [3.63, 3.8) is 0 Å². The van der Waals surface area contributed by atoms with E-state index in [0.717, 1.165) is 5.69 Å². The molecule has 2 rings (SSSR count). The van der Waals surface area contributed by atoms with Crippen LogP contribution in [0, 0.1) is 0 Å². The third-order valence-electron chi connectivity index (χ3n) is 2.58. The third-order valence-corrected chi connectivity index (χ3v) is 3.26. The van der Waals surface area contributed by atoms with Gasteiger partial charge in [-0.15, -0.1) is 0 Å². The number of amides is 1. The Balaban J connectivity index is 2.31. The van der Waals surface area contributed by atoms with E-state index in [-0.39, 0.29) is 5.91 Å². The summed E-state index contributed by atoms with van der Waals surface area (Å²) in [5.41, 5.74) is 7.29. The van der Waals surface area contributed by atoms with E-state index in [0.29, 0.717) is 22.7 Å². The maximum Gasteiger partial charge on any atom is 0.257 e. The molecule has 1 amide bonds. The van der Waals surface area contributed by atoms with Crippen LogP contribution in [0.1, 0.15) is 10.4 Å².